The number of carbonyl (C=O) groups excluding carboxylic acids is 2. The molecular weight excluding hydrogens is 480 g/mol. The quantitative estimate of drug-likeness (QED) is 0.462. The summed E-state index contributed by atoms with van der Waals surface area (Å²) in [6, 6.07) is 18.5. The zero-order valence-electron chi connectivity index (χ0n) is 20.6. The van der Waals surface area contributed by atoms with E-state index in [9.17, 15) is 9.59 Å². The Morgan fingerprint density at radius 1 is 0.917 bits per heavy atom. The number of nitrogens with one attached hydrogen (secondary N) is 1. The Kier molecular flexibility index (Phi) is 7.90. The van der Waals surface area contributed by atoms with E-state index in [4.69, 9.17) is 18.9 Å². The number of anilines is 2. The van der Waals surface area contributed by atoms with Gasteiger partial charge in [0.05, 0.1) is 39.8 Å². The van der Waals surface area contributed by atoms with Gasteiger partial charge in [0.1, 0.15) is 12.3 Å². The third-order valence-electron chi connectivity index (χ3n) is 5.83. The van der Waals surface area contributed by atoms with Crippen molar-refractivity contribution in [3.8, 4) is 23.0 Å². The number of para-hydroxylation sites is 3. The van der Waals surface area contributed by atoms with Crippen LogP contribution in [0, 0.1) is 0 Å². The van der Waals surface area contributed by atoms with Crippen molar-refractivity contribution in [2.75, 3.05) is 45.2 Å². The maximum atomic E-state index is 13.5. The van der Waals surface area contributed by atoms with E-state index in [-0.39, 0.29) is 30.0 Å². The molecule has 0 unspecified atom stereocenters. The van der Waals surface area contributed by atoms with Crippen LogP contribution in [0.25, 0.3) is 0 Å². The van der Waals surface area contributed by atoms with Crippen LogP contribution >= 0.6 is 11.8 Å². The summed E-state index contributed by atoms with van der Waals surface area (Å²) in [5, 5.41) is 2.63. The van der Waals surface area contributed by atoms with E-state index in [1.54, 1.807) is 52.3 Å². The predicted octanol–water partition coefficient (Wildman–Crippen LogP) is 4.93. The fourth-order valence-corrected chi connectivity index (χ4v) is 5.37. The first-order valence-corrected chi connectivity index (χ1v) is 12.2. The van der Waals surface area contributed by atoms with E-state index in [0.717, 1.165) is 10.5 Å². The van der Waals surface area contributed by atoms with Gasteiger partial charge in [-0.15, -0.1) is 11.8 Å². The number of rotatable bonds is 8. The highest BCUT2D eigenvalue weighted by Crippen LogP contribution is 2.49. The summed E-state index contributed by atoms with van der Waals surface area (Å²) in [6.07, 6.45) is 0.180. The standard InChI is InChI=1S/C27H28N2O6S/c1-32-20-11-7-5-9-18(20)28-25(30)16-29-19-10-6-8-12-23(19)36-24(15-26(29)31)17-13-21(33-2)27(35-4)22(14-17)34-3/h5-14,24H,15-16H2,1-4H3,(H,28,30)/t24-/m1/s1. The predicted molar refractivity (Wildman–Crippen MR) is 140 cm³/mol. The maximum absolute atomic E-state index is 13.5. The van der Waals surface area contributed by atoms with Crippen LogP contribution in [0.2, 0.25) is 0 Å². The molecule has 3 aromatic rings. The van der Waals surface area contributed by atoms with Gasteiger partial charge in [-0.2, -0.15) is 0 Å². The van der Waals surface area contributed by atoms with Crippen molar-refractivity contribution in [3.05, 3.63) is 66.2 Å². The average Bonchev–Trinajstić information content (AvgIpc) is 3.04. The maximum Gasteiger partial charge on any atom is 0.244 e. The van der Waals surface area contributed by atoms with Gasteiger partial charge in [0, 0.05) is 16.6 Å². The SMILES string of the molecule is COc1ccccc1NC(=O)CN1C(=O)C[C@H](c2cc(OC)c(OC)c(OC)c2)Sc2ccccc21. The van der Waals surface area contributed by atoms with Gasteiger partial charge in [0.2, 0.25) is 17.6 Å². The van der Waals surface area contributed by atoms with Crippen molar-refractivity contribution in [1.82, 2.24) is 0 Å². The number of methoxy groups -OCH3 is 4. The monoisotopic (exact) mass is 508 g/mol. The lowest BCUT2D eigenvalue weighted by Gasteiger charge is -2.22. The van der Waals surface area contributed by atoms with E-state index in [0.29, 0.717) is 34.4 Å². The number of amides is 2. The van der Waals surface area contributed by atoms with Crippen LogP contribution in [-0.4, -0.2) is 46.8 Å². The molecule has 0 aromatic heterocycles. The average molecular weight is 509 g/mol. The highest BCUT2D eigenvalue weighted by atomic mass is 32.2. The summed E-state index contributed by atoms with van der Waals surface area (Å²) in [4.78, 5) is 28.9. The van der Waals surface area contributed by atoms with Gasteiger partial charge in [-0.25, -0.2) is 0 Å². The number of fused-ring (bicyclic) bond motifs is 1. The molecule has 0 radical (unpaired) electrons. The van der Waals surface area contributed by atoms with E-state index in [1.165, 1.54) is 4.90 Å². The number of hydrogen-bond acceptors (Lipinski definition) is 7. The molecule has 0 bridgehead atoms. The van der Waals surface area contributed by atoms with Crippen LogP contribution in [0.1, 0.15) is 17.2 Å². The fourth-order valence-electron chi connectivity index (χ4n) is 4.11. The highest BCUT2D eigenvalue weighted by Gasteiger charge is 2.31. The lowest BCUT2D eigenvalue weighted by molar-refractivity contribution is -0.121. The minimum absolute atomic E-state index is 0.129. The van der Waals surface area contributed by atoms with Gasteiger partial charge in [-0.3, -0.25) is 9.59 Å². The van der Waals surface area contributed by atoms with Crippen molar-refractivity contribution in [2.45, 2.75) is 16.6 Å². The van der Waals surface area contributed by atoms with E-state index in [2.05, 4.69) is 5.32 Å². The first kappa shape index (κ1) is 25.2. The highest BCUT2D eigenvalue weighted by molar-refractivity contribution is 7.99. The molecule has 0 fully saturated rings. The number of benzene rings is 3. The van der Waals surface area contributed by atoms with Crippen LogP contribution in [0.5, 0.6) is 23.0 Å². The van der Waals surface area contributed by atoms with E-state index < -0.39 is 0 Å². The van der Waals surface area contributed by atoms with Gasteiger partial charge < -0.3 is 29.2 Å². The number of carbonyl (C=O) groups is 2. The van der Waals surface area contributed by atoms with Crippen molar-refractivity contribution >= 4 is 35.0 Å². The first-order valence-electron chi connectivity index (χ1n) is 11.3. The van der Waals surface area contributed by atoms with E-state index >= 15 is 0 Å². The minimum Gasteiger partial charge on any atom is -0.495 e. The molecule has 0 saturated carbocycles. The zero-order valence-corrected chi connectivity index (χ0v) is 21.4. The van der Waals surface area contributed by atoms with Crippen molar-refractivity contribution in [1.29, 1.82) is 0 Å². The second-order valence-electron chi connectivity index (χ2n) is 7.97. The summed E-state index contributed by atoms with van der Waals surface area (Å²) in [5.74, 6) is 1.59. The molecule has 0 saturated heterocycles. The molecule has 1 aliphatic heterocycles. The topological polar surface area (TPSA) is 86.3 Å². The summed E-state index contributed by atoms with van der Waals surface area (Å²) >= 11 is 1.56. The lowest BCUT2D eigenvalue weighted by atomic mass is 10.1. The zero-order chi connectivity index (χ0) is 25.7. The Morgan fingerprint density at radius 2 is 1.56 bits per heavy atom. The Labute approximate surface area is 214 Å². The Balaban J connectivity index is 1.64. The van der Waals surface area contributed by atoms with Crippen LogP contribution in [0.3, 0.4) is 0 Å². The molecule has 1 aliphatic rings. The molecule has 8 nitrogen and oxygen atoms in total. The molecule has 0 spiro atoms. The number of hydrogen-bond donors (Lipinski definition) is 1. The number of thioether (sulfide) groups is 1. The second-order valence-corrected chi connectivity index (χ2v) is 9.21. The lowest BCUT2D eigenvalue weighted by Crippen LogP contribution is -2.38. The molecule has 1 heterocycles. The normalized spacial score (nSPS) is 14.9. The van der Waals surface area contributed by atoms with Crippen molar-refractivity contribution in [2.24, 2.45) is 0 Å². The summed E-state index contributed by atoms with van der Waals surface area (Å²) in [7, 11) is 6.21. The molecule has 0 aliphatic carbocycles. The van der Waals surface area contributed by atoms with Gasteiger partial charge >= 0.3 is 0 Å². The second kappa shape index (κ2) is 11.3. The number of nitrogens with zero attached hydrogens (tertiary/aromatic N) is 1. The number of ether oxygens (including phenoxy) is 4. The van der Waals surface area contributed by atoms with Crippen LogP contribution in [-0.2, 0) is 9.59 Å². The van der Waals surface area contributed by atoms with Crippen molar-refractivity contribution in [3.63, 3.8) is 0 Å². The minimum atomic E-state index is -0.320. The van der Waals surface area contributed by atoms with Gasteiger partial charge in [-0.05, 0) is 42.0 Å². The summed E-state index contributed by atoms with van der Waals surface area (Å²) < 4.78 is 21.8. The molecule has 1 N–H and O–H groups in total. The van der Waals surface area contributed by atoms with Gasteiger partial charge in [-0.1, -0.05) is 24.3 Å². The van der Waals surface area contributed by atoms with Crippen LogP contribution in [0.15, 0.2) is 65.6 Å². The van der Waals surface area contributed by atoms with Crippen LogP contribution in [0.4, 0.5) is 11.4 Å². The molecular formula is C27H28N2O6S. The Morgan fingerprint density at radius 3 is 2.22 bits per heavy atom. The Hall–Kier alpha value is -3.85. The molecule has 4 rings (SSSR count). The third kappa shape index (κ3) is 5.21. The van der Waals surface area contributed by atoms with E-state index in [1.807, 2.05) is 48.5 Å². The third-order valence-corrected chi connectivity index (χ3v) is 7.15. The van der Waals surface area contributed by atoms with Crippen molar-refractivity contribution < 1.29 is 28.5 Å². The molecule has 2 amide bonds. The Bertz CT molecular complexity index is 1240. The largest absolute Gasteiger partial charge is 0.495 e. The molecule has 188 valence electrons. The first-order chi connectivity index (χ1) is 17.5. The van der Waals surface area contributed by atoms with Gasteiger partial charge in [0.25, 0.3) is 0 Å². The smallest absolute Gasteiger partial charge is 0.244 e. The van der Waals surface area contributed by atoms with Crippen LogP contribution < -0.4 is 29.2 Å². The summed E-state index contributed by atoms with van der Waals surface area (Å²) in [6.45, 7) is -0.129. The molecule has 3 aromatic carbocycles. The summed E-state index contributed by atoms with van der Waals surface area (Å²) in [5.41, 5.74) is 2.10. The molecule has 36 heavy (non-hydrogen) atoms. The molecule has 9 heteroatoms. The fraction of sp³-hybridized carbons (Fsp3) is 0.259. The van der Waals surface area contributed by atoms with Gasteiger partial charge in [0.15, 0.2) is 11.5 Å². The molecule has 1 atom stereocenters.